The highest BCUT2D eigenvalue weighted by molar-refractivity contribution is 7.89. The lowest BCUT2D eigenvalue weighted by Gasteiger charge is -2.36. The molecule has 2 heterocycles. The summed E-state index contributed by atoms with van der Waals surface area (Å²) in [6.45, 7) is 8.55. The SMILES string of the molecule is CC1CCN(C(CNC(=O)c2ccc(S(=O)(=O)N(C)C(C)C)cc2)c2cccs2)CC1. The van der Waals surface area contributed by atoms with Gasteiger partial charge in [-0.1, -0.05) is 13.0 Å². The van der Waals surface area contributed by atoms with Crippen LogP contribution in [0.3, 0.4) is 0 Å². The third-order valence-corrected chi connectivity index (χ3v) is 9.13. The Morgan fingerprint density at radius 2 is 1.84 bits per heavy atom. The highest BCUT2D eigenvalue weighted by Crippen LogP contribution is 2.29. The molecular formula is C23H33N3O3S2. The van der Waals surface area contributed by atoms with E-state index in [1.54, 1.807) is 30.5 Å². The van der Waals surface area contributed by atoms with Crippen molar-refractivity contribution in [1.29, 1.82) is 0 Å². The molecule has 0 saturated carbocycles. The smallest absolute Gasteiger partial charge is 0.251 e. The Labute approximate surface area is 190 Å². The molecule has 6 nitrogen and oxygen atoms in total. The lowest BCUT2D eigenvalue weighted by molar-refractivity contribution is 0.0915. The molecular weight excluding hydrogens is 430 g/mol. The molecule has 3 rings (SSSR count). The molecule has 0 spiro atoms. The number of nitrogens with one attached hydrogen (secondary N) is 1. The Morgan fingerprint density at radius 1 is 1.19 bits per heavy atom. The zero-order valence-electron chi connectivity index (χ0n) is 18.7. The largest absolute Gasteiger partial charge is 0.350 e. The van der Waals surface area contributed by atoms with Crippen molar-refractivity contribution in [3.8, 4) is 0 Å². The third kappa shape index (κ3) is 5.74. The molecule has 8 heteroatoms. The van der Waals surface area contributed by atoms with Gasteiger partial charge in [0.25, 0.3) is 5.91 Å². The van der Waals surface area contributed by atoms with E-state index in [-0.39, 0.29) is 22.9 Å². The lowest BCUT2D eigenvalue weighted by Crippen LogP contribution is -2.41. The molecule has 1 aromatic heterocycles. The quantitative estimate of drug-likeness (QED) is 0.643. The zero-order valence-corrected chi connectivity index (χ0v) is 20.4. The van der Waals surface area contributed by atoms with E-state index in [4.69, 9.17) is 0 Å². The number of thiophene rings is 1. The Kier molecular flexibility index (Phi) is 7.91. The number of likely N-dealkylation sites (tertiary alicyclic amines) is 1. The van der Waals surface area contributed by atoms with Gasteiger partial charge in [0.1, 0.15) is 0 Å². The summed E-state index contributed by atoms with van der Waals surface area (Å²) in [5, 5.41) is 5.13. The fraction of sp³-hybridized carbons (Fsp3) is 0.522. The summed E-state index contributed by atoms with van der Waals surface area (Å²) in [4.78, 5) is 16.7. The van der Waals surface area contributed by atoms with Crippen LogP contribution in [0.15, 0.2) is 46.7 Å². The molecule has 1 saturated heterocycles. The van der Waals surface area contributed by atoms with E-state index in [0.29, 0.717) is 12.1 Å². The maximum atomic E-state index is 12.8. The minimum atomic E-state index is -3.56. The molecule has 0 bridgehead atoms. The van der Waals surface area contributed by atoms with Crippen molar-refractivity contribution < 1.29 is 13.2 Å². The van der Waals surface area contributed by atoms with Crippen LogP contribution in [0.5, 0.6) is 0 Å². The molecule has 1 unspecified atom stereocenters. The minimum absolute atomic E-state index is 0.139. The monoisotopic (exact) mass is 463 g/mol. The van der Waals surface area contributed by atoms with Gasteiger partial charge in [-0.2, -0.15) is 4.31 Å². The maximum absolute atomic E-state index is 12.8. The first-order chi connectivity index (χ1) is 14.7. The standard InChI is InChI=1S/C23H33N3O3S2/c1-17(2)25(4)31(28,29)20-9-7-19(8-10-20)23(27)24-16-21(22-6-5-15-30-22)26-13-11-18(3)12-14-26/h5-10,15,17-18,21H,11-14,16H2,1-4H3,(H,24,27). The van der Waals surface area contributed by atoms with Crippen LogP contribution in [-0.2, 0) is 10.0 Å². The summed E-state index contributed by atoms with van der Waals surface area (Å²) >= 11 is 1.72. The van der Waals surface area contributed by atoms with Crippen molar-refractivity contribution in [3.63, 3.8) is 0 Å². The lowest BCUT2D eigenvalue weighted by atomic mass is 9.97. The van der Waals surface area contributed by atoms with E-state index >= 15 is 0 Å². The van der Waals surface area contributed by atoms with Crippen LogP contribution in [-0.4, -0.2) is 56.3 Å². The normalized spacial score (nSPS) is 17.2. The van der Waals surface area contributed by atoms with Gasteiger partial charge in [-0.05, 0) is 81.4 Å². The Bertz CT molecular complexity index is 948. The Balaban J connectivity index is 1.67. The first kappa shape index (κ1) is 23.9. The number of carbonyl (C=O) groups is 1. The predicted molar refractivity (Wildman–Crippen MR) is 126 cm³/mol. The summed E-state index contributed by atoms with van der Waals surface area (Å²) in [7, 11) is -2.00. The maximum Gasteiger partial charge on any atom is 0.251 e. The van der Waals surface area contributed by atoms with E-state index in [2.05, 4.69) is 34.7 Å². The number of hydrogen-bond donors (Lipinski definition) is 1. The summed E-state index contributed by atoms with van der Waals surface area (Å²) in [5.41, 5.74) is 0.461. The minimum Gasteiger partial charge on any atom is -0.350 e. The van der Waals surface area contributed by atoms with E-state index in [9.17, 15) is 13.2 Å². The first-order valence-electron chi connectivity index (χ1n) is 10.8. The van der Waals surface area contributed by atoms with Crippen LogP contribution in [0.1, 0.15) is 54.9 Å². The average molecular weight is 464 g/mol. The second kappa shape index (κ2) is 10.3. The molecule has 1 fully saturated rings. The van der Waals surface area contributed by atoms with Crippen molar-refractivity contribution in [2.45, 2.75) is 50.6 Å². The fourth-order valence-electron chi connectivity index (χ4n) is 3.74. The van der Waals surface area contributed by atoms with Crippen molar-refractivity contribution in [2.75, 3.05) is 26.7 Å². The van der Waals surface area contributed by atoms with E-state index < -0.39 is 10.0 Å². The van der Waals surface area contributed by atoms with E-state index in [0.717, 1.165) is 19.0 Å². The van der Waals surface area contributed by atoms with Crippen molar-refractivity contribution in [1.82, 2.24) is 14.5 Å². The van der Waals surface area contributed by atoms with Crippen LogP contribution in [0, 0.1) is 5.92 Å². The summed E-state index contributed by atoms with van der Waals surface area (Å²) in [6, 6.07) is 10.4. The second-order valence-electron chi connectivity index (χ2n) is 8.60. The topological polar surface area (TPSA) is 69.7 Å². The number of rotatable bonds is 8. The van der Waals surface area contributed by atoms with Gasteiger partial charge in [0.05, 0.1) is 10.9 Å². The van der Waals surface area contributed by atoms with Crippen molar-refractivity contribution in [3.05, 3.63) is 52.2 Å². The van der Waals surface area contributed by atoms with Crippen LogP contribution < -0.4 is 5.32 Å². The van der Waals surface area contributed by atoms with Gasteiger partial charge in [-0.15, -0.1) is 11.3 Å². The number of amides is 1. The molecule has 0 radical (unpaired) electrons. The predicted octanol–water partition coefficient (Wildman–Crippen LogP) is 3.98. The van der Waals surface area contributed by atoms with Crippen molar-refractivity contribution in [2.24, 2.45) is 5.92 Å². The number of nitrogens with zero attached hydrogens (tertiary/aromatic N) is 2. The average Bonchev–Trinajstić information content (AvgIpc) is 3.29. The van der Waals surface area contributed by atoms with Gasteiger partial charge in [0.2, 0.25) is 10.0 Å². The van der Waals surface area contributed by atoms with Crippen LogP contribution in [0.4, 0.5) is 0 Å². The van der Waals surface area contributed by atoms with Gasteiger partial charge in [-0.25, -0.2) is 8.42 Å². The highest BCUT2D eigenvalue weighted by atomic mass is 32.2. The summed E-state index contributed by atoms with van der Waals surface area (Å²) < 4.78 is 26.6. The summed E-state index contributed by atoms with van der Waals surface area (Å²) in [5.74, 6) is 0.562. The van der Waals surface area contributed by atoms with Crippen LogP contribution in [0.25, 0.3) is 0 Å². The van der Waals surface area contributed by atoms with Crippen molar-refractivity contribution >= 4 is 27.3 Å². The molecule has 31 heavy (non-hydrogen) atoms. The number of benzene rings is 1. The molecule has 1 atom stereocenters. The molecule has 1 aromatic carbocycles. The number of sulfonamides is 1. The van der Waals surface area contributed by atoms with Gasteiger partial charge >= 0.3 is 0 Å². The number of carbonyl (C=O) groups excluding carboxylic acids is 1. The van der Waals surface area contributed by atoms with Gasteiger partial charge in [0.15, 0.2) is 0 Å². The number of piperidine rings is 1. The Morgan fingerprint density at radius 3 is 2.39 bits per heavy atom. The molecule has 1 aliphatic heterocycles. The molecule has 1 aliphatic rings. The zero-order chi connectivity index (χ0) is 22.6. The van der Waals surface area contributed by atoms with Crippen LogP contribution >= 0.6 is 11.3 Å². The summed E-state index contributed by atoms with van der Waals surface area (Å²) in [6.07, 6.45) is 2.35. The first-order valence-corrected chi connectivity index (χ1v) is 13.2. The highest BCUT2D eigenvalue weighted by Gasteiger charge is 2.26. The second-order valence-corrected chi connectivity index (χ2v) is 11.6. The fourth-order valence-corrected chi connectivity index (χ4v) is 5.97. The Hall–Kier alpha value is -1.74. The van der Waals surface area contributed by atoms with E-state index in [1.165, 1.54) is 34.2 Å². The molecule has 1 amide bonds. The van der Waals surface area contributed by atoms with Gasteiger partial charge in [-0.3, -0.25) is 9.69 Å². The number of hydrogen-bond acceptors (Lipinski definition) is 5. The molecule has 170 valence electrons. The van der Waals surface area contributed by atoms with E-state index in [1.807, 2.05) is 13.8 Å². The molecule has 0 aliphatic carbocycles. The van der Waals surface area contributed by atoms with Gasteiger partial charge < -0.3 is 5.32 Å². The van der Waals surface area contributed by atoms with Crippen LogP contribution in [0.2, 0.25) is 0 Å². The van der Waals surface area contributed by atoms with Gasteiger partial charge in [0, 0.05) is 30.1 Å². The molecule has 1 N–H and O–H groups in total. The third-order valence-electron chi connectivity index (χ3n) is 6.11. The molecule has 2 aromatic rings.